The molecule has 0 bridgehead atoms. The van der Waals surface area contributed by atoms with Crippen LogP contribution >= 0.6 is 0 Å². The van der Waals surface area contributed by atoms with Gasteiger partial charge in [-0.25, -0.2) is 8.42 Å². The molecule has 0 aliphatic carbocycles. The van der Waals surface area contributed by atoms with Crippen LogP contribution in [0.2, 0.25) is 0 Å². The van der Waals surface area contributed by atoms with Crippen LogP contribution in [0.4, 0.5) is 5.69 Å². The summed E-state index contributed by atoms with van der Waals surface area (Å²) in [5, 5.41) is 0. The van der Waals surface area contributed by atoms with Gasteiger partial charge in [0.25, 0.3) is 15.9 Å². The zero-order chi connectivity index (χ0) is 21.5. The third-order valence-corrected chi connectivity index (χ3v) is 7.56. The van der Waals surface area contributed by atoms with Gasteiger partial charge in [-0.1, -0.05) is 17.7 Å². The topological polar surface area (TPSA) is 62.6 Å². The molecular formula is C23H25N3O3S. The number of nitrogens with zero attached hydrogens (tertiary/aromatic N) is 3. The molecule has 156 valence electrons. The second-order valence-corrected chi connectivity index (χ2v) is 9.60. The lowest BCUT2D eigenvalue weighted by atomic mass is 10.1. The van der Waals surface area contributed by atoms with Crippen LogP contribution in [0, 0.1) is 6.92 Å². The minimum atomic E-state index is -3.66. The number of rotatable bonds is 4. The maximum absolute atomic E-state index is 13.1. The number of benzene rings is 2. The number of carbonyl (C=O) groups excluding carboxylic acids is 1. The second-order valence-electron chi connectivity index (χ2n) is 7.63. The summed E-state index contributed by atoms with van der Waals surface area (Å²) < 4.78 is 29.2. The van der Waals surface area contributed by atoms with E-state index in [9.17, 15) is 13.2 Å². The maximum atomic E-state index is 13.1. The number of amides is 1. The molecule has 4 rings (SSSR count). The monoisotopic (exact) mass is 423 g/mol. The van der Waals surface area contributed by atoms with Crippen LogP contribution in [-0.4, -0.2) is 37.4 Å². The normalized spacial score (nSPS) is 16.2. The van der Waals surface area contributed by atoms with Crippen molar-refractivity contribution < 1.29 is 13.2 Å². The van der Waals surface area contributed by atoms with Crippen molar-refractivity contribution in [3.8, 4) is 0 Å². The molecule has 2 aromatic carbocycles. The van der Waals surface area contributed by atoms with Crippen LogP contribution in [0.5, 0.6) is 0 Å². The standard InChI is InChI=1S/C23H25N3O3S/c1-17-6-12-21(13-7-17)30(28,29)24(3)20-10-8-19(9-11-20)23(27)26-16-15-25-14-4-5-22(25)18(26)2/h4-14,18H,15-16H2,1-3H3. The lowest BCUT2D eigenvalue weighted by molar-refractivity contribution is 0.0644. The fraction of sp³-hybridized carbons (Fsp3) is 0.261. The third kappa shape index (κ3) is 3.50. The van der Waals surface area contributed by atoms with Gasteiger partial charge in [-0.05, 0) is 62.4 Å². The Bertz CT molecular complexity index is 1170. The Hall–Kier alpha value is -3.06. The van der Waals surface area contributed by atoms with Crippen LogP contribution < -0.4 is 4.31 Å². The highest BCUT2D eigenvalue weighted by atomic mass is 32.2. The average molecular weight is 424 g/mol. The van der Waals surface area contributed by atoms with Crippen molar-refractivity contribution in [3.63, 3.8) is 0 Å². The van der Waals surface area contributed by atoms with Crippen molar-refractivity contribution >= 4 is 21.6 Å². The van der Waals surface area contributed by atoms with Crippen molar-refractivity contribution in [1.29, 1.82) is 0 Å². The van der Waals surface area contributed by atoms with E-state index in [1.807, 2.05) is 37.1 Å². The lowest BCUT2D eigenvalue weighted by Gasteiger charge is -2.35. The van der Waals surface area contributed by atoms with Crippen molar-refractivity contribution in [1.82, 2.24) is 9.47 Å². The van der Waals surface area contributed by atoms with Crippen LogP contribution in [0.3, 0.4) is 0 Å². The van der Waals surface area contributed by atoms with Crippen molar-refractivity contribution in [2.24, 2.45) is 0 Å². The Morgan fingerprint density at radius 2 is 1.67 bits per heavy atom. The quantitative estimate of drug-likeness (QED) is 0.641. The first kappa shape index (κ1) is 20.2. The van der Waals surface area contributed by atoms with Crippen molar-refractivity contribution in [3.05, 3.63) is 83.7 Å². The molecule has 0 fully saturated rings. The summed E-state index contributed by atoms with van der Waals surface area (Å²) in [4.78, 5) is 15.2. The molecule has 0 N–H and O–H groups in total. The number of aromatic nitrogens is 1. The molecule has 1 unspecified atom stereocenters. The van der Waals surface area contributed by atoms with E-state index < -0.39 is 10.0 Å². The zero-order valence-electron chi connectivity index (χ0n) is 17.3. The van der Waals surface area contributed by atoms with E-state index in [0.29, 0.717) is 17.8 Å². The Balaban J connectivity index is 1.54. The van der Waals surface area contributed by atoms with E-state index >= 15 is 0 Å². The molecule has 1 aromatic heterocycles. The summed E-state index contributed by atoms with van der Waals surface area (Å²) >= 11 is 0. The minimum absolute atomic E-state index is 0.00878. The van der Waals surface area contributed by atoms with Gasteiger partial charge in [0.2, 0.25) is 0 Å². The van der Waals surface area contributed by atoms with Crippen LogP contribution in [-0.2, 0) is 16.6 Å². The molecule has 1 aliphatic rings. The molecule has 0 spiro atoms. The van der Waals surface area contributed by atoms with E-state index in [1.165, 1.54) is 11.4 Å². The first-order chi connectivity index (χ1) is 14.3. The van der Waals surface area contributed by atoms with Gasteiger partial charge in [-0.2, -0.15) is 0 Å². The van der Waals surface area contributed by atoms with Gasteiger partial charge in [0, 0.05) is 37.6 Å². The third-order valence-electron chi connectivity index (χ3n) is 5.76. The number of hydrogen-bond donors (Lipinski definition) is 0. The molecule has 2 heterocycles. The van der Waals surface area contributed by atoms with E-state index in [1.54, 1.807) is 48.5 Å². The van der Waals surface area contributed by atoms with Crippen molar-refractivity contribution in [2.75, 3.05) is 17.9 Å². The largest absolute Gasteiger partial charge is 0.348 e. The van der Waals surface area contributed by atoms with Gasteiger partial charge >= 0.3 is 0 Å². The highest BCUT2D eigenvalue weighted by molar-refractivity contribution is 7.92. The van der Waals surface area contributed by atoms with Crippen LogP contribution in [0.15, 0.2) is 71.8 Å². The van der Waals surface area contributed by atoms with E-state index in [-0.39, 0.29) is 16.8 Å². The summed E-state index contributed by atoms with van der Waals surface area (Å²) in [5.41, 5.74) is 3.17. The van der Waals surface area contributed by atoms with Gasteiger partial charge in [0.05, 0.1) is 16.6 Å². The average Bonchev–Trinajstić information content (AvgIpc) is 3.23. The highest BCUT2D eigenvalue weighted by Crippen LogP contribution is 2.28. The van der Waals surface area contributed by atoms with Crippen LogP contribution in [0.25, 0.3) is 0 Å². The first-order valence-electron chi connectivity index (χ1n) is 9.91. The number of sulfonamides is 1. The predicted molar refractivity (Wildman–Crippen MR) is 117 cm³/mol. The van der Waals surface area contributed by atoms with E-state index in [4.69, 9.17) is 0 Å². The maximum Gasteiger partial charge on any atom is 0.264 e. The lowest BCUT2D eigenvalue weighted by Crippen LogP contribution is -2.40. The van der Waals surface area contributed by atoms with Gasteiger partial charge in [-0.3, -0.25) is 9.10 Å². The summed E-state index contributed by atoms with van der Waals surface area (Å²) in [6, 6.07) is 17.5. The minimum Gasteiger partial charge on any atom is -0.348 e. The van der Waals surface area contributed by atoms with Crippen LogP contribution in [0.1, 0.15) is 34.6 Å². The number of fused-ring (bicyclic) bond motifs is 1. The van der Waals surface area contributed by atoms with Crippen molar-refractivity contribution in [2.45, 2.75) is 31.3 Å². The molecule has 0 radical (unpaired) electrons. The number of carbonyl (C=O) groups is 1. The summed E-state index contributed by atoms with van der Waals surface area (Å²) in [6.07, 6.45) is 2.03. The molecule has 0 saturated carbocycles. The Morgan fingerprint density at radius 3 is 2.33 bits per heavy atom. The summed E-state index contributed by atoms with van der Waals surface area (Å²) in [7, 11) is -2.14. The molecule has 1 atom stereocenters. The molecular weight excluding hydrogens is 398 g/mol. The second kappa shape index (κ2) is 7.65. The molecule has 1 aliphatic heterocycles. The molecule has 0 saturated heterocycles. The predicted octanol–water partition coefficient (Wildman–Crippen LogP) is 3.84. The van der Waals surface area contributed by atoms with Gasteiger partial charge < -0.3 is 9.47 Å². The Morgan fingerprint density at radius 1 is 1.00 bits per heavy atom. The molecule has 30 heavy (non-hydrogen) atoms. The molecule has 3 aromatic rings. The van der Waals surface area contributed by atoms with E-state index in [0.717, 1.165) is 17.8 Å². The fourth-order valence-corrected chi connectivity index (χ4v) is 5.04. The Labute approximate surface area is 177 Å². The highest BCUT2D eigenvalue weighted by Gasteiger charge is 2.28. The number of anilines is 1. The summed E-state index contributed by atoms with van der Waals surface area (Å²) in [5.74, 6) is -0.0504. The number of aryl methyl sites for hydroxylation is 1. The number of hydrogen-bond acceptors (Lipinski definition) is 3. The smallest absolute Gasteiger partial charge is 0.264 e. The first-order valence-corrected chi connectivity index (χ1v) is 11.3. The van der Waals surface area contributed by atoms with Gasteiger partial charge in [-0.15, -0.1) is 0 Å². The fourth-order valence-electron chi connectivity index (χ4n) is 3.84. The SMILES string of the molecule is Cc1ccc(S(=O)(=O)N(C)c2ccc(C(=O)N3CCn4cccc4C3C)cc2)cc1. The summed E-state index contributed by atoms with van der Waals surface area (Å²) in [6.45, 7) is 5.36. The molecule has 6 nitrogen and oxygen atoms in total. The molecule has 7 heteroatoms. The van der Waals surface area contributed by atoms with Gasteiger partial charge in [0.1, 0.15) is 0 Å². The molecule has 1 amide bonds. The zero-order valence-corrected chi connectivity index (χ0v) is 18.1. The van der Waals surface area contributed by atoms with E-state index in [2.05, 4.69) is 4.57 Å². The van der Waals surface area contributed by atoms with Gasteiger partial charge in [0.15, 0.2) is 0 Å². The Kier molecular flexibility index (Phi) is 5.15.